The van der Waals surface area contributed by atoms with E-state index in [9.17, 15) is 19.5 Å². The Morgan fingerprint density at radius 1 is 1.02 bits per heavy atom. The third kappa shape index (κ3) is 5.24. The summed E-state index contributed by atoms with van der Waals surface area (Å²) in [4.78, 5) is 47.0. The van der Waals surface area contributed by atoms with Crippen molar-refractivity contribution in [3.05, 3.63) is 104 Å². The molecule has 40 heavy (non-hydrogen) atoms. The highest BCUT2D eigenvalue weighted by molar-refractivity contribution is 6.30. The number of anilines is 2. The Labute approximate surface area is 236 Å². The molecular weight excluding hydrogens is 530 g/mol. The number of hydrogen-bond donors (Lipinski definition) is 2. The van der Waals surface area contributed by atoms with Crippen LogP contribution >= 0.6 is 11.6 Å². The molecule has 0 spiro atoms. The number of nitrogens with one attached hydrogen (secondary N) is 1. The van der Waals surface area contributed by atoms with E-state index in [-0.39, 0.29) is 23.1 Å². The second-order valence-electron chi connectivity index (χ2n) is 10.0. The van der Waals surface area contributed by atoms with Crippen LogP contribution in [-0.4, -0.2) is 57.4 Å². The summed E-state index contributed by atoms with van der Waals surface area (Å²) in [5.74, 6) is -0.490. The molecule has 2 aromatic carbocycles. The average Bonchev–Trinajstić information content (AvgIpc) is 2.95. The summed E-state index contributed by atoms with van der Waals surface area (Å²) in [6.45, 7) is 7.65. The maximum Gasteiger partial charge on any atom is 0.337 e. The number of carboxylic acids is 1. The number of hydrogen-bond acceptors (Lipinski definition) is 6. The quantitative estimate of drug-likeness (QED) is 0.349. The van der Waals surface area contributed by atoms with Crippen LogP contribution in [0.4, 0.5) is 11.5 Å². The van der Waals surface area contributed by atoms with Gasteiger partial charge < -0.3 is 20.2 Å². The number of rotatable bonds is 6. The minimum absolute atomic E-state index is 0.0566. The number of carbonyl (C=O) groups excluding carboxylic acids is 1. The van der Waals surface area contributed by atoms with Crippen LogP contribution in [0.1, 0.15) is 50.4 Å². The summed E-state index contributed by atoms with van der Waals surface area (Å²) in [5.41, 5.74) is 3.76. The fourth-order valence-corrected chi connectivity index (χ4v) is 5.24. The normalized spacial score (nSPS) is 14.3. The average molecular weight is 560 g/mol. The molecule has 1 aliphatic heterocycles. The molecule has 5 rings (SSSR count). The van der Waals surface area contributed by atoms with E-state index in [2.05, 4.69) is 5.32 Å². The summed E-state index contributed by atoms with van der Waals surface area (Å²) in [5, 5.41) is 13.5. The lowest BCUT2D eigenvalue weighted by molar-refractivity contribution is 0.0696. The molecule has 2 N–H and O–H groups in total. The predicted octanol–water partition coefficient (Wildman–Crippen LogP) is 4.80. The van der Waals surface area contributed by atoms with Gasteiger partial charge in [0.25, 0.3) is 11.5 Å². The van der Waals surface area contributed by atoms with Gasteiger partial charge in [0.1, 0.15) is 11.5 Å². The first-order valence-electron chi connectivity index (χ1n) is 13.1. The highest BCUT2D eigenvalue weighted by Crippen LogP contribution is 2.27. The van der Waals surface area contributed by atoms with Gasteiger partial charge in [-0.3, -0.25) is 14.0 Å². The zero-order valence-electron chi connectivity index (χ0n) is 22.5. The van der Waals surface area contributed by atoms with Crippen molar-refractivity contribution < 1.29 is 14.7 Å². The minimum Gasteiger partial charge on any atom is -0.478 e. The summed E-state index contributed by atoms with van der Waals surface area (Å²) in [6.07, 6.45) is 1.77. The molecule has 1 saturated heterocycles. The monoisotopic (exact) mass is 559 g/mol. The maximum atomic E-state index is 13.5. The molecule has 206 valence electrons. The number of aryl methyl sites for hydroxylation is 1. The SMILES string of the molecule is Cc1cc([C@@H](C)Nc2ccccc2C(=O)O)c2nc(N3CCN(C(=O)c4ccc(Cl)cc4)CC3)c(C)c(=O)n2c1. The minimum atomic E-state index is -1.02. The lowest BCUT2D eigenvalue weighted by Crippen LogP contribution is -2.49. The predicted molar refractivity (Wildman–Crippen MR) is 156 cm³/mol. The smallest absolute Gasteiger partial charge is 0.337 e. The molecule has 10 heteroatoms. The third-order valence-corrected chi connectivity index (χ3v) is 7.49. The van der Waals surface area contributed by atoms with Crippen LogP contribution in [0.2, 0.25) is 5.02 Å². The lowest BCUT2D eigenvalue weighted by Gasteiger charge is -2.36. The summed E-state index contributed by atoms with van der Waals surface area (Å²) in [7, 11) is 0. The molecule has 4 aromatic rings. The molecule has 2 aromatic heterocycles. The van der Waals surface area contributed by atoms with Crippen LogP contribution in [0.5, 0.6) is 0 Å². The van der Waals surface area contributed by atoms with Gasteiger partial charge in [-0.15, -0.1) is 0 Å². The van der Waals surface area contributed by atoms with E-state index < -0.39 is 5.97 Å². The van der Waals surface area contributed by atoms with Gasteiger partial charge in [-0.1, -0.05) is 23.7 Å². The van der Waals surface area contributed by atoms with E-state index in [1.807, 2.05) is 24.8 Å². The highest BCUT2D eigenvalue weighted by Gasteiger charge is 2.26. The Bertz CT molecular complexity index is 1660. The van der Waals surface area contributed by atoms with E-state index in [1.165, 1.54) is 0 Å². The number of para-hydroxylation sites is 1. The standard InChI is InChI=1S/C30H30ClN5O4/c1-18-16-24(20(3)32-25-7-5-4-6-23(25)30(39)40)27-33-26(19(2)28(37)36(27)17-18)34-12-14-35(15-13-34)29(38)21-8-10-22(31)11-9-21/h4-11,16-17,20,32H,12-15H2,1-3H3,(H,39,40)/t20-/m1/s1. The van der Waals surface area contributed by atoms with Crippen molar-refractivity contribution in [2.24, 2.45) is 0 Å². The Hall–Kier alpha value is -4.37. The van der Waals surface area contributed by atoms with Crippen LogP contribution in [0, 0.1) is 13.8 Å². The van der Waals surface area contributed by atoms with E-state index in [0.29, 0.717) is 59.5 Å². The molecule has 1 aliphatic rings. The molecule has 3 heterocycles. The number of pyridine rings is 1. The number of aromatic nitrogens is 2. The largest absolute Gasteiger partial charge is 0.478 e. The van der Waals surface area contributed by atoms with Crippen molar-refractivity contribution >= 4 is 40.6 Å². The number of piperazine rings is 1. The van der Waals surface area contributed by atoms with E-state index in [4.69, 9.17) is 16.6 Å². The lowest BCUT2D eigenvalue weighted by atomic mass is 10.1. The van der Waals surface area contributed by atoms with Gasteiger partial charge in [0.05, 0.1) is 17.2 Å². The van der Waals surface area contributed by atoms with Crippen molar-refractivity contribution in [1.29, 1.82) is 0 Å². The molecule has 1 fully saturated rings. The number of amides is 1. The molecule has 0 unspecified atom stereocenters. The molecule has 0 bridgehead atoms. The van der Waals surface area contributed by atoms with Gasteiger partial charge in [-0.25, -0.2) is 9.78 Å². The number of carboxylic acid groups (broad SMARTS) is 1. The number of nitrogens with zero attached hydrogens (tertiary/aromatic N) is 4. The second-order valence-corrected chi connectivity index (χ2v) is 10.5. The van der Waals surface area contributed by atoms with Crippen LogP contribution in [0.15, 0.2) is 65.6 Å². The Morgan fingerprint density at radius 2 is 1.70 bits per heavy atom. The number of benzene rings is 2. The molecule has 9 nitrogen and oxygen atoms in total. The van der Waals surface area contributed by atoms with E-state index >= 15 is 0 Å². The van der Waals surface area contributed by atoms with Gasteiger partial charge in [-0.05, 0) is 68.8 Å². The van der Waals surface area contributed by atoms with E-state index in [0.717, 1.165) is 11.1 Å². The van der Waals surface area contributed by atoms with Crippen LogP contribution < -0.4 is 15.8 Å². The third-order valence-electron chi connectivity index (χ3n) is 7.24. The molecule has 0 radical (unpaired) electrons. The Balaban J connectivity index is 1.45. The van der Waals surface area contributed by atoms with Crippen LogP contribution in [-0.2, 0) is 0 Å². The fourth-order valence-electron chi connectivity index (χ4n) is 5.11. The number of fused-ring (bicyclic) bond motifs is 1. The first-order chi connectivity index (χ1) is 19.1. The number of carbonyl (C=O) groups is 2. The fraction of sp³-hybridized carbons (Fsp3) is 0.267. The molecule has 1 amide bonds. The second kappa shape index (κ2) is 11.0. The molecular formula is C30H30ClN5O4. The van der Waals surface area contributed by atoms with Gasteiger partial charge in [0, 0.05) is 54.2 Å². The van der Waals surface area contributed by atoms with Crippen molar-refractivity contribution in [2.45, 2.75) is 26.8 Å². The van der Waals surface area contributed by atoms with Crippen molar-refractivity contribution in [3.63, 3.8) is 0 Å². The zero-order valence-corrected chi connectivity index (χ0v) is 23.3. The molecule has 0 aliphatic carbocycles. The van der Waals surface area contributed by atoms with Crippen molar-refractivity contribution in [1.82, 2.24) is 14.3 Å². The van der Waals surface area contributed by atoms with Gasteiger partial charge in [-0.2, -0.15) is 0 Å². The summed E-state index contributed by atoms with van der Waals surface area (Å²) >= 11 is 5.96. The Morgan fingerprint density at radius 3 is 2.38 bits per heavy atom. The summed E-state index contributed by atoms with van der Waals surface area (Å²) in [6, 6.07) is 15.2. The number of aromatic carboxylic acids is 1. The highest BCUT2D eigenvalue weighted by atomic mass is 35.5. The topological polar surface area (TPSA) is 107 Å². The maximum absolute atomic E-state index is 13.5. The van der Waals surface area contributed by atoms with Crippen molar-refractivity contribution in [2.75, 3.05) is 36.4 Å². The van der Waals surface area contributed by atoms with Crippen LogP contribution in [0.25, 0.3) is 5.65 Å². The summed E-state index contributed by atoms with van der Waals surface area (Å²) < 4.78 is 1.56. The van der Waals surface area contributed by atoms with Gasteiger partial charge in [0.15, 0.2) is 0 Å². The molecule has 0 saturated carbocycles. The zero-order chi connectivity index (χ0) is 28.6. The van der Waals surface area contributed by atoms with E-state index in [1.54, 1.807) is 71.0 Å². The number of halogens is 1. The van der Waals surface area contributed by atoms with Gasteiger partial charge >= 0.3 is 5.97 Å². The Kier molecular flexibility index (Phi) is 7.49. The molecule has 1 atom stereocenters. The first-order valence-corrected chi connectivity index (χ1v) is 13.4. The van der Waals surface area contributed by atoms with Crippen molar-refractivity contribution in [3.8, 4) is 0 Å². The van der Waals surface area contributed by atoms with Crippen LogP contribution in [0.3, 0.4) is 0 Å². The first kappa shape index (κ1) is 27.2. The van der Waals surface area contributed by atoms with Gasteiger partial charge in [0.2, 0.25) is 0 Å².